The minimum Gasteiger partial charge on any atom is -0.371 e. The zero-order valence-corrected chi connectivity index (χ0v) is 12.5. The quantitative estimate of drug-likeness (QED) is 0.742. The summed E-state index contributed by atoms with van der Waals surface area (Å²) in [5.74, 6) is -0.103. The van der Waals surface area contributed by atoms with Crippen LogP contribution in [0.2, 0.25) is 0 Å². The molecule has 0 aromatic heterocycles. The first kappa shape index (κ1) is 16.4. The number of hydrogen-bond donors (Lipinski definition) is 2. The standard InChI is InChI=1S/C16H24N2O2/c1-12-8-13(2)10-14(9-12)11-15(20-3)16(19)18-7-5-4-6-17/h4-5,8-10,15H,6-7,11,17H2,1-3H3,(H,18,19)/b5-4+. The third-order valence-corrected chi connectivity index (χ3v) is 2.98. The van der Waals surface area contributed by atoms with E-state index in [1.165, 1.54) is 11.1 Å². The summed E-state index contributed by atoms with van der Waals surface area (Å²) in [5.41, 5.74) is 8.84. The molecule has 0 spiro atoms. The van der Waals surface area contributed by atoms with E-state index in [9.17, 15) is 4.79 Å². The second kappa shape index (κ2) is 8.51. The molecule has 1 atom stereocenters. The van der Waals surface area contributed by atoms with Crippen molar-refractivity contribution in [2.75, 3.05) is 20.2 Å². The molecule has 4 nitrogen and oxygen atoms in total. The monoisotopic (exact) mass is 276 g/mol. The van der Waals surface area contributed by atoms with Crippen molar-refractivity contribution in [3.05, 3.63) is 47.0 Å². The fourth-order valence-corrected chi connectivity index (χ4v) is 2.14. The lowest BCUT2D eigenvalue weighted by molar-refractivity contribution is -0.130. The first-order chi connectivity index (χ1) is 9.56. The van der Waals surface area contributed by atoms with Gasteiger partial charge in [0, 0.05) is 26.6 Å². The second-order valence-electron chi connectivity index (χ2n) is 4.88. The topological polar surface area (TPSA) is 64.3 Å². The van der Waals surface area contributed by atoms with Crippen molar-refractivity contribution in [3.8, 4) is 0 Å². The Hall–Kier alpha value is -1.65. The summed E-state index contributed by atoms with van der Waals surface area (Å²) < 4.78 is 5.29. The van der Waals surface area contributed by atoms with E-state index in [4.69, 9.17) is 10.5 Å². The molecule has 0 saturated heterocycles. The van der Waals surface area contributed by atoms with E-state index in [1.807, 2.05) is 12.2 Å². The number of carbonyl (C=O) groups excluding carboxylic acids is 1. The van der Waals surface area contributed by atoms with Gasteiger partial charge in [0.05, 0.1) is 0 Å². The Bertz CT molecular complexity index is 449. The van der Waals surface area contributed by atoms with Crippen LogP contribution >= 0.6 is 0 Å². The minimum atomic E-state index is -0.470. The third kappa shape index (κ3) is 5.55. The second-order valence-corrected chi connectivity index (χ2v) is 4.88. The number of aryl methyl sites for hydroxylation is 2. The Morgan fingerprint density at radius 3 is 2.50 bits per heavy atom. The Labute approximate surface area is 121 Å². The van der Waals surface area contributed by atoms with Gasteiger partial charge in [-0.15, -0.1) is 0 Å². The molecule has 1 unspecified atom stereocenters. The molecule has 4 heteroatoms. The number of amides is 1. The van der Waals surface area contributed by atoms with Gasteiger partial charge in [0.1, 0.15) is 6.10 Å². The highest BCUT2D eigenvalue weighted by molar-refractivity contribution is 5.81. The van der Waals surface area contributed by atoms with Gasteiger partial charge in [0.2, 0.25) is 5.91 Å². The van der Waals surface area contributed by atoms with Crippen LogP contribution in [-0.2, 0) is 16.0 Å². The molecule has 0 fully saturated rings. The van der Waals surface area contributed by atoms with Gasteiger partial charge in [0.15, 0.2) is 0 Å². The van der Waals surface area contributed by atoms with Gasteiger partial charge in [0.25, 0.3) is 0 Å². The summed E-state index contributed by atoms with van der Waals surface area (Å²) in [6.07, 6.45) is 3.75. The molecule has 20 heavy (non-hydrogen) atoms. The average molecular weight is 276 g/mol. The number of rotatable bonds is 7. The maximum absolute atomic E-state index is 12.0. The average Bonchev–Trinajstić information content (AvgIpc) is 2.39. The molecule has 1 rings (SSSR count). The van der Waals surface area contributed by atoms with Crippen LogP contribution in [0.25, 0.3) is 0 Å². The lowest BCUT2D eigenvalue weighted by Crippen LogP contribution is -2.37. The van der Waals surface area contributed by atoms with Crippen LogP contribution in [0.5, 0.6) is 0 Å². The fourth-order valence-electron chi connectivity index (χ4n) is 2.14. The van der Waals surface area contributed by atoms with Crippen molar-refractivity contribution in [1.29, 1.82) is 0 Å². The van der Waals surface area contributed by atoms with E-state index >= 15 is 0 Å². The van der Waals surface area contributed by atoms with Gasteiger partial charge >= 0.3 is 0 Å². The van der Waals surface area contributed by atoms with E-state index in [0.717, 1.165) is 5.56 Å². The zero-order valence-electron chi connectivity index (χ0n) is 12.5. The molecule has 110 valence electrons. The number of benzene rings is 1. The number of nitrogens with two attached hydrogens (primary N) is 1. The zero-order chi connectivity index (χ0) is 15.0. The molecule has 0 aliphatic heterocycles. The largest absolute Gasteiger partial charge is 0.371 e. The van der Waals surface area contributed by atoms with Crippen LogP contribution in [0.1, 0.15) is 16.7 Å². The highest BCUT2D eigenvalue weighted by Crippen LogP contribution is 2.12. The van der Waals surface area contributed by atoms with Crippen molar-refractivity contribution in [1.82, 2.24) is 5.32 Å². The number of hydrogen-bond acceptors (Lipinski definition) is 3. The van der Waals surface area contributed by atoms with Gasteiger partial charge in [-0.2, -0.15) is 0 Å². The highest BCUT2D eigenvalue weighted by atomic mass is 16.5. The Morgan fingerprint density at radius 1 is 1.30 bits per heavy atom. The summed E-state index contributed by atoms with van der Waals surface area (Å²) in [4.78, 5) is 12.0. The summed E-state index contributed by atoms with van der Waals surface area (Å²) in [6, 6.07) is 6.28. The van der Waals surface area contributed by atoms with Crippen molar-refractivity contribution in [3.63, 3.8) is 0 Å². The first-order valence-electron chi connectivity index (χ1n) is 6.79. The molecule has 0 bridgehead atoms. The molecule has 0 aliphatic carbocycles. The number of ether oxygens (including phenoxy) is 1. The number of carbonyl (C=O) groups is 1. The number of nitrogens with one attached hydrogen (secondary N) is 1. The Balaban J connectivity index is 2.61. The Morgan fingerprint density at radius 2 is 1.95 bits per heavy atom. The van der Waals surface area contributed by atoms with Crippen LogP contribution in [-0.4, -0.2) is 32.2 Å². The summed E-state index contributed by atoms with van der Waals surface area (Å²) in [5, 5.41) is 2.81. The van der Waals surface area contributed by atoms with Crippen molar-refractivity contribution < 1.29 is 9.53 Å². The normalized spacial score (nSPS) is 12.6. The van der Waals surface area contributed by atoms with Gasteiger partial charge < -0.3 is 15.8 Å². The molecular weight excluding hydrogens is 252 g/mol. The van der Waals surface area contributed by atoms with Gasteiger partial charge in [-0.1, -0.05) is 41.5 Å². The van der Waals surface area contributed by atoms with E-state index in [2.05, 4.69) is 37.4 Å². The van der Waals surface area contributed by atoms with Gasteiger partial charge in [-0.3, -0.25) is 4.79 Å². The smallest absolute Gasteiger partial charge is 0.249 e. The van der Waals surface area contributed by atoms with Crippen LogP contribution in [0.15, 0.2) is 30.4 Å². The van der Waals surface area contributed by atoms with Gasteiger partial charge in [-0.25, -0.2) is 0 Å². The number of methoxy groups -OCH3 is 1. The van der Waals surface area contributed by atoms with Crippen LogP contribution in [0.4, 0.5) is 0 Å². The predicted octanol–water partition coefficient (Wildman–Crippen LogP) is 1.49. The molecular formula is C16H24N2O2. The molecule has 0 aliphatic rings. The molecule has 1 aromatic carbocycles. The van der Waals surface area contributed by atoms with Gasteiger partial charge in [-0.05, 0) is 19.4 Å². The minimum absolute atomic E-state index is 0.103. The van der Waals surface area contributed by atoms with E-state index < -0.39 is 6.10 Å². The van der Waals surface area contributed by atoms with E-state index in [1.54, 1.807) is 7.11 Å². The summed E-state index contributed by atoms with van der Waals surface area (Å²) in [6.45, 7) is 5.06. The lowest BCUT2D eigenvalue weighted by Gasteiger charge is -2.15. The summed E-state index contributed by atoms with van der Waals surface area (Å²) in [7, 11) is 1.56. The maximum atomic E-state index is 12.0. The van der Waals surface area contributed by atoms with Crippen molar-refractivity contribution in [2.24, 2.45) is 5.73 Å². The highest BCUT2D eigenvalue weighted by Gasteiger charge is 2.17. The predicted molar refractivity (Wildman–Crippen MR) is 81.6 cm³/mol. The maximum Gasteiger partial charge on any atom is 0.249 e. The lowest BCUT2D eigenvalue weighted by atomic mass is 10.0. The van der Waals surface area contributed by atoms with Crippen molar-refractivity contribution in [2.45, 2.75) is 26.4 Å². The molecule has 0 heterocycles. The van der Waals surface area contributed by atoms with Crippen LogP contribution < -0.4 is 11.1 Å². The first-order valence-corrected chi connectivity index (χ1v) is 6.79. The van der Waals surface area contributed by atoms with Crippen LogP contribution in [0, 0.1) is 13.8 Å². The molecule has 1 amide bonds. The molecule has 0 radical (unpaired) electrons. The summed E-state index contributed by atoms with van der Waals surface area (Å²) >= 11 is 0. The van der Waals surface area contributed by atoms with E-state index in [0.29, 0.717) is 19.5 Å². The molecule has 3 N–H and O–H groups in total. The van der Waals surface area contributed by atoms with E-state index in [-0.39, 0.29) is 5.91 Å². The fraction of sp³-hybridized carbons (Fsp3) is 0.438. The SMILES string of the molecule is COC(Cc1cc(C)cc(C)c1)C(=O)NC/C=C/CN. The Kier molecular flexibility index (Phi) is 6.98. The third-order valence-electron chi connectivity index (χ3n) is 2.98. The van der Waals surface area contributed by atoms with Crippen molar-refractivity contribution >= 4 is 5.91 Å². The van der Waals surface area contributed by atoms with Crippen LogP contribution in [0.3, 0.4) is 0 Å². The molecule has 0 saturated carbocycles. The molecule has 1 aromatic rings.